The summed E-state index contributed by atoms with van der Waals surface area (Å²) in [7, 11) is 1.73. The lowest BCUT2D eigenvalue weighted by molar-refractivity contribution is 0.606. The van der Waals surface area contributed by atoms with Crippen LogP contribution in [0.1, 0.15) is 0 Å². The predicted octanol–water partition coefficient (Wildman–Crippen LogP) is 2.51. The van der Waals surface area contributed by atoms with Crippen molar-refractivity contribution < 1.29 is 4.39 Å². The van der Waals surface area contributed by atoms with Gasteiger partial charge in [-0.05, 0) is 46.1 Å². The minimum Gasteiger partial charge on any atom is -0.311 e. The number of nitrogens with zero attached hydrogens (tertiary/aromatic N) is 7. The number of hydrogen-bond donors (Lipinski definition) is 0. The largest absolute Gasteiger partial charge is 0.311 e. The first-order valence-electron chi connectivity index (χ1n) is 8.79. The Labute approximate surface area is 163 Å². The standard InChI is InChI=1S/C20H14FN7O/c1-26-17-5-3-2-4-13(17)10-15(20(26)29)19-22-8-9-27(19)14-6-7-16(21)18(11-14)28-12-23-24-25-28/h2-12H,1H3. The van der Waals surface area contributed by atoms with Crippen LogP contribution in [0.25, 0.3) is 33.7 Å². The van der Waals surface area contributed by atoms with Gasteiger partial charge in [-0.15, -0.1) is 5.10 Å². The summed E-state index contributed by atoms with van der Waals surface area (Å²) in [5, 5.41) is 11.8. The molecule has 5 aromatic rings. The lowest BCUT2D eigenvalue weighted by atomic mass is 10.1. The number of aryl methyl sites for hydroxylation is 1. The maximum atomic E-state index is 14.3. The molecule has 0 fully saturated rings. The average molecular weight is 387 g/mol. The lowest BCUT2D eigenvalue weighted by Crippen LogP contribution is -2.20. The summed E-state index contributed by atoms with van der Waals surface area (Å²) in [6.07, 6.45) is 4.64. The van der Waals surface area contributed by atoms with E-state index in [1.165, 1.54) is 17.1 Å². The zero-order valence-corrected chi connectivity index (χ0v) is 15.3. The monoisotopic (exact) mass is 387 g/mol. The highest BCUT2D eigenvalue weighted by molar-refractivity contribution is 5.83. The number of halogens is 1. The molecule has 0 aliphatic heterocycles. The molecule has 0 aliphatic rings. The molecule has 29 heavy (non-hydrogen) atoms. The van der Waals surface area contributed by atoms with E-state index in [-0.39, 0.29) is 11.2 Å². The van der Waals surface area contributed by atoms with E-state index >= 15 is 0 Å². The second-order valence-electron chi connectivity index (χ2n) is 6.49. The molecule has 0 unspecified atom stereocenters. The number of tetrazole rings is 1. The van der Waals surface area contributed by atoms with Crippen molar-refractivity contribution in [3.05, 3.63) is 83.4 Å². The highest BCUT2D eigenvalue weighted by atomic mass is 19.1. The quantitative estimate of drug-likeness (QED) is 0.475. The van der Waals surface area contributed by atoms with E-state index in [0.717, 1.165) is 10.9 Å². The Bertz CT molecular complexity index is 1400. The minimum absolute atomic E-state index is 0.168. The molecule has 0 saturated carbocycles. The first-order chi connectivity index (χ1) is 14.1. The van der Waals surface area contributed by atoms with Crippen molar-refractivity contribution >= 4 is 10.9 Å². The van der Waals surface area contributed by atoms with E-state index in [0.29, 0.717) is 17.1 Å². The molecule has 0 spiro atoms. The van der Waals surface area contributed by atoms with Gasteiger partial charge < -0.3 is 4.57 Å². The Morgan fingerprint density at radius 1 is 1.07 bits per heavy atom. The van der Waals surface area contributed by atoms with E-state index < -0.39 is 5.82 Å². The maximum absolute atomic E-state index is 14.3. The molecule has 0 aliphatic carbocycles. The van der Waals surface area contributed by atoms with Crippen molar-refractivity contribution in [1.29, 1.82) is 0 Å². The topological polar surface area (TPSA) is 83.4 Å². The number of benzene rings is 2. The molecule has 0 bridgehead atoms. The van der Waals surface area contributed by atoms with Crippen LogP contribution in [-0.4, -0.2) is 34.3 Å². The second-order valence-corrected chi connectivity index (χ2v) is 6.49. The molecule has 142 valence electrons. The summed E-state index contributed by atoms with van der Waals surface area (Å²) in [6.45, 7) is 0. The van der Waals surface area contributed by atoms with E-state index in [4.69, 9.17) is 0 Å². The van der Waals surface area contributed by atoms with E-state index in [9.17, 15) is 9.18 Å². The molecular weight excluding hydrogens is 373 g/mol. The normalized spacial score (nSPS) is 11.2. The second kappa shape index (κ2) is 6.48. The molecule has 0 amide bonds. The molecule has 9 heteroatoms. The molecule has 0 N–H and O–H groups in total. The number of aromatic nitrogens is 7. The number of imidazole rings is 1. The van der Waals surface area contributed by atoms with Gasteiger partial charge in [0.2, 0.25) is 0 Å². The molecule has 0 atom stereocenters. The van der Waals surface area contributed by atoms with Crippen LogP contribution in [0.2, 0.25) is 0 Å². The Kier molecular flexibility index (Phi) is 3.80. The summed E-state index contributed by atoms with van der Waals surface area (Å²) in [4.78, 5) is 17.4. The molecule has 0 saturated heterocycles. The molecule has 3 aromatic heterocycles. The Morgan fingerprint density at radius 3 is 2.76 bits per heavy atom. The molecule has 5 rings (SSSR count). The van der Waals surface area contributed by atoms with Gasteiger partial charge in [0.1, 0.15) is 23.7 Å². The van der Waals surface area contributed by atoms with Crippen molar-refractivity contribution in [1.82, 2.24) is 34.3 Å². The molecular formula is C20H14FN7O. The number of rotatable bonds is 3. The Balaban J connectivity index is 1.71. The van der Waals surface area contributed by atoms with Crippen LogP contribution in [0.3, 0.4) is 0 Å². The van der Waals surface area contributed by atoms with Crippen LogP contribution in [0.15, 0.2) is 72.0 Å². The van der Waals surface area contributed by atoms with Crippen LogP contribution in [0.5, 0.6) is 0 Å². The van der Waals surface area contributed by atoms with Crippen LogP contribution in [-0.2, 0) is 7.05 Å². The number of para-hydroxylation sites is 1. The minimum atomic E-state index is -0.468. The number of fused-ring (bicyclic) bond motifs is 1. The van der Waals surface area contributed by atoms with E-state index in [1.54, 1.807) is 40.7 Å². The summed E-state index contributed by atoms with van der Waals surface area (Å²) in [5.74, 6) is -0.00467. The summed E-state index contributed by atoms with van der Waals surface area (Å²) in [6, 6.07) is 14.0. The van der Waals surface area contributed by atoms with E-state index in [2.05, 4.69) is 20.5 Å². The fourth-order valence-corrected chi connectivity index (χ4v) is 3.39. The van der Waals surface area contributed by atoms with Gasteiger partial charge >= 0.3 is 0 Å². The van der Waals surface area contributed by atoms with Crippen LogP contribution < -0.4 is 5.56 Å². The van der Waals surface area contributed by atoms with Crippen molar-refractivity contribution in [3.8, 4) is 22.8 Å². The number of pyridine rings is 1. The zero-order chi connectivity index (χ0) is 20.0. The Morgan fingerprint density at radius 2 is 1.93 bits per heavy atom. The zero-order valence-electron chi connectivity index (χ0n) is 15.3. The maximum Gasteiger partial charge on any atom is 0.261 e. The third-order valence-corrected chi connectivity index (χ3v) is 4.82. The Hall–Kier alpha value is -4.14. The van der Waals surface area contributed by atoms with Crippen LogP contribution in [0.4, 0.5) is 4.39 Å². The fourth-order valence-electron chi connectivity index (χ4n) is 3.39. The lowest BCUT2D eigenvalue weighted by Gasteiger charge is -2.12. The smallest absolute Gasteiger partial charge is 0.261 e. The van der Waals surface area contributed by atoms with Gasteiger partial charge in [-0.25, -0.2) is 9.37 Å². The van der Waals surface area contributed by atoms with Gasteiger partial charge in [-0.3, -0.25) is 9.36 Å². The highest BCUT2D eigenvalue weighted by Gasteiger charge is 2.16. The van der Waals surface area contributed by atoms with Gasteiger partial charge in [0, 0.05) is 25.1 Å². The van der Waals surface area contributed by atoms with E-state index in [1.807, 2.05) is 30.3 Å². The molecule has 2 aromatic carbocycles. The van der Waals surface area contributed by atoms with Crippen molar-refractivity contribution in [2.45, 2.75) is 0 Å². The molecule has 3 heterocycles. The van der Waals surface area contributed by atoms with Gasteiger partial charge in [-0.1, -0.05) is 18.2 Å². The van der Waals surface area contributed by atoms with Crippen molar-refractivity contribution in [2.24, 2.45) is 7.05 Å². The van der Waals surface area contributed by atoms with Gasteiger partial charge in [0.05, 0.1) is 11.1 Å². The van der Waals surface area contributed by atoms with Crippen LogP contribution >= 0.6 is 0 Å². The molecule has 0 radical (unpaired) electrons. The van der Waals surface area contributed by atoms with Gasteiger partial charge in [0.25, 0.3) is 5.56 Å². The SMILES string of the molecule is Cn1c(=O)c(-c2nccn2-c2ccc(F)c(-n3cnnn3)c2)cc2ccccc21. The van der Waals surface area contributed by atoms with Crippen LogP contribution in [0, 0.1) is 5.82 Å². The summed E-state index contributed by atoms with van der Waals surface area (Å²) < 4.78 is 18.9. The first kappa shape index (κ1) is 17.0. The summed E-state index contributed by atoms with van der Waals surface area (Å²) >= 11 is 0. The van der Waals surface area contributed by atoms with Crippen molar-refractivity contribution in [3.63, 3.8) is 0 Å². The first-order valence-corrected chi connectivity index (χ1v) is 8.79. The molecule has 8 nitrogen and oxygen atoms in total. The average Bonchev–Trinajstić information content (AvgIpc) is 3.43. The van der Waals surface area contributed by atoms with Gasteiger partial charge in [0.15, 0.2) is 0 Å². The van der Waals surface area contributed by atoms with Crippen molar-refractivity contribution in [2.75, 3.05) is 0 Å². The predicted molar refractivity (Wildman–Crippen MR) is 104 cm³/mol. The highest BCUT2D eigenvalue weighted by Crippen LogP contribution is 2.24. The fraction of sp³-hybridized carbons (Fsp3) is 0.0500. The third-order valence-electron chi connectivity index (χ3n) is 4.82. The van der Waals surface area contributed by atoms with Gasteiger partial charge in [-0.2, -0.15) is 4.68 Å². The summed E-state index contributed by atoms with van der Waals surface area (Å²) in [5.41, 5.74) is 1.93. The number of hydrogen-bond acceptors (Lipinski definition) is 5. The third kappa shape index (κ3) is 2.71.